The van der Waals surface area contributed by atoms with Crippen LogP contribution in [0.2, 0.25) is 0 Å². The van der Waals surface area contributed by atoms with Gasteiger partial charge in [0.25, 0.3) is 0 Å². The van der Waals surface area contributed by atoms with Crippen molar-refractivity contribution in [3.05, 3.63) is 71.1 Å². The van der Waals surface area contributed by atoms with Crippen molar-refractivity contribution in [3.8, 4) is 11.5 Å². The van der Waals surface area contributed by atoms with Crippen LogP contribution in [0, 0.1) is 20.8 Å². The summed E-state index contributed by atoms with van der Waals surface area (Å²) in [5.41, 5.74) is 3.33. The maximum absolute atomic E-state index is 12.4. The van der Waals surface area contributed by atoms with E-state index in [1.807, 2.05) is 62.4 Å². The highest BCUT2D eigenvalue weighted by atomic mass is 16.5. The van der Waals surface area contributed by atoms with Gasteiger partial charge in [0.05, 0.1) is 17.8 Å². The van der Waals surface area contributed by atoms with Gasteiger partial charge in [-0.3, -0.25) is 4.79 Å². The number of benzene rings is 2. The summed E-state index contributed by atoms with van der Waals surface area (Å²) in [7, 11) is 0. The van der Waals surface area contributed by atoms with E-state index in [1.165, 1.54) is 0 Å². The van der Waals surface area contributed by atoms with Crippen LogP contribution in [0.25, 0.3) is 0 Å². The highest BCUT2D eigenvalue weighted by Gasteiger charge is 2.15. The molecule has 25 heavy (non-hydrogen) atoms. The minimum Gasteiger partial charge on any atom is -0.455 e. The van der Waals surface area contributed by atoms with Crippen molar-refractivity contribution in [3.63, 3.8) is 0 Å². The van der Waals surface area contributed by atoms with Crippen LogP contribution < -0.4 is 10.1 Å². The molecule has 1 aromatic heterocycles. The smallest absolute Gasteiger partial charge is 0.229 e. The zero-order valence-corrected chi connectivity index (χ0v) is 14.5. The Balaban J connectivity index is 1.74. The third-order valence-corrected chi connectivity index (χ3v) is 3.93. The lowest BCUT2D eigenvalue weighted by molar-refractivity contribution is -0.115. The molecule has 5 heteroatoms. The summed E-state index contributed by atoms with van der Waals surface area (Å²) in [5, 5.41) is 6.78. The molecule has 1 heterocycles. The molecule has 0 atom stereocenters. The number of nitrogens with zero attached hydrogens (tertiary/aromatic N) is 1. The molecule has 5 nitrogen and oxygen atoms in total. The average Bonchev–Trinajstić information content (AvgIpc) is 2.90. The largest absolute Gasteiger partial charge is 0.455 e. The average molecular weight is 336 g/mol. The van der Waals surface area contributed by atoms with E-state index in [0.717, 1.165) is 22.6 Å². The van der Waals surface area contributed by atoms with Crippen LogP contribution >= 0.6 is 0 Å². The van der Waals surface area contributed by atoms with E-state index in [9.17, 15) is 4.79 Å². The van der Waals surface area contributed by atoms with Crippen LogP contribution in [0.5, 0.6) is 11.5 Å². The predicted molar refractivity (Wildman–Crippen MR) is 96.0 cm³/mol. The van der Waals surface area contributed by atoms with Gasteiger partial charge in [-0.05, 0) is 45.0 Å². The Morgan fingerprint density at radius 2 is 1.80 bits per heavy atom. The van der Waals surface area contributed by atoms with Crippen molar-refractivity contribution in [2.24, 2.45) is 0 Å². The number of para-hydroxylation sites is 2. The number of ether oxygens (including phenoxy) is 1. The number of aromatic nitrogens is 1. The van der Waals surface area contributed by atoms with Crippen molar-refractivity contribution < 1.29 is 14.1 Å². The quantitative estimate of drug-likeness (QED) is 0.741. The molecule has 3 aromatic rings. The van der Waals surface area contributed by atoms with Crippen LogP contribution in [0.4, 0.5) is 5.69 Å². The first-order valence-corrected chi connectivity index (χ1v) is 8.08. The first-order valence-electron chi connectivity index (χ1n) is 8.08. The summed E-state index contributed by atoms with van der Waals surface area (Å²) in [6.07, 6.45) is 0.208. The molecule has 0 aliphatic carbocycles. The van der Waals surface area contributed by atoms with E-state index < -0.39 is 0 Å². The number of rotatable bonds is 5. The second-order valence-electron chi connectivity index (χ2n) is 5.94. The van der Waals surface area contributed by atoms with Gasteiger partial charge in [-0.15, -0.1) is 0 Å². The highest BCUT2D eigenvalue weighted by Crippen LogP contribution is 2.29. The molecule has 0 saturated heterocycles. The molecule has 0 fully saturated rings. The topological polar surface area (TPSA) is 64.4 Å². The minimum atomic E-state index is -0.144. The van der Waals surface area contributed by atoms with Crippen molar-refractivity contribution in [1.29, 1.82) is 0 Å². The summed E-state index contributed by atoms with van der Waals surface area (Å²) in [4.78, 5) is 12.4. The maximum atomic E-state index is 12.4. The maximum Gasteiger partial charge on any atom is 0.229 e. The van der Waals surface area contributed by atoms with Crippen LogP contribution in [0.1, 0.15) is 22.6 Å². The Morgan fingerprint density at radius 1 is 1.08 bits per heavy atom. The molecule has 3 rings (SSSR count). The summed E-state index contributed by atoms with van der Waals surface area (Å²) in [5.74, 6) is 1.84. The molecule has 0 aliphatic rings. The number of anilines is 1. The summed E-state index contributed by atoms with van der Waals surface area (Å²) >= 11 is 0. The van der Waals surface area contributed by atoms with Crippen LogP contribution in [0.15, 0.2) is 53.1 Å². The van der Waals surface area contributed by atoms with Gasteiger partial charge in [0.15, 0.2) is 5.75 Å². The lowest BCUT2D eigenvalue weighted by Crippen LogP contribution is -2.15. The van der Waals surface area contributed by atoms with E-state index in [4.69, 9.17) is 9.26 Å². The van der Waals surface area contributed by atoms with Gasteiger partial charge in [0, 0.05) is 5.56 Å². The van der Waals surface area contributed by atoms with Crippen LogP contribution in [-0.2, 0) is 11.2 Å². The molecule has 2 aromatic carbocycles. The third kappa shape index (κ3) is 4.07. The lowest BCUT2D eigenvalue weighted by atomic mass is 10.1. The summed E-state index contributed by atoms with van der Waals surface area (Å²) < 4.78 is 11.0. The standard InChI is InChI=1S/C20H20N2O3/c1-13-8-10-16(11-9-13)24-19-7-5-4-6-18(19)21-20(23)12-17-14(2)22-25-15(17)3/h4-11H,12H2,1-3H3,(H,21,23). The van der Waals surface area contributed by atoms with Gasteiger partial charge in [0.2, 0.25) is 5.91 Å². The Morgan fingerprint density at radius 3 is 2.48 bits per heavy atom. The molecule has 1 amide bonds. The SMILES string of the molecule is Cc1ccc(Oc2ccccc2NC(=O)Cc2c(C)noc2C)cc1. The van der Waals surface area contributed by atoms with E-state index >= 15 is 0 Å². The number of carbonyl (C=O) groups is 1. The number of aryl methyl sites for hydroxylation is 3. The summed E-state index contributed by atoms with van der Waals surface area (Å²) in [6.45, 7) is 5.65. The molecule has 0 radical (unpaired) electrons. The zero-order valence-electron chi connectivity index (χ0n) is 14.5. The van der Waals surface area contributed by atoms with Gasteiger partial charge in [-0.25, -0.2) is 0 Å². The third-order valence-electron chi connectivity index (χ3n) is 3.93. The molecule has 0 saturated carbocycles. The monoisotopic (exact) mass is 336 g/mol. The fourth-order valence-electron chi connectivity index (χ4n) is 2.50. The highest BCUT2D eigenvalue weighted by molar-refractivity contribution is 5.93. The van der Waals surface area contributed by atoms with Gasteiger partial charge >= 0.3 is 0 Å². The zero-order chi connectivity index (χ0) is 17.8. The van der Waals surface area contributed by atoms with Crippen molar-refractivity contribution >= 4 is 11.6 Å². The molecule has 0 bridgehead atoms. The molecular formula is C20H20N2O3. The van der Waals surface area contributed by atoms with Crippen molar-refractivity contribution in [2.75, 3.05) is 5.32 Å². The van der Waals surface area contributed by atoms with Gasteiger partial charge in [-0.1, -0.05) is 35.0 Å². The Hall–Kier alpha value is -3.08. The Kier molecular flexibility index (Phi) is 4.84. The second kappa shape index (κ2) is 7.21. The van der Waals surface area contributed by atoms with E-state index in [2.05, 4.69) is 10.5 Å². The summed E-state index contributed by atoms with van der Waals surface area (Å²) in [6, 6.07) is 15.1. The predicted octanol–water partition coefficient (Wildman–Crippen LogP) is 4.57. The second-order valence-corrected chi connectivity index (χ2v) is 5.94. The number of hydrogen-bond donors (Lipinski definition) is 1. The molecular weight excluding hydrogens is 316 g/mol. The lowest BCUT2D eigenvalue weighted by Gasteiger charge is -2.12. The first-order chi connectivity index (χ1) is 12.0. The molecule has 128 valence electrons. The Labute approximate surface area is 146 Å². The first kappa shape index (κ1) is 16.8. The van der Waals surface area contributed by atoms with Crippen molar-refractivity contribution in [2.45, 2.75) is 27.2 Å². The van der Waals surface area contributed by atoms with Gasteiger partial charge < -0.3 is 14.6 Å². The van der Waals surface area contributed by atoms with E-state index in [0.29, 0.717) is 17.2 Å². The molecule has 0 spiro atoms. The fourth-order valence-corrected chi connectivity index (χ4v) is 2.50. The number of nitrogens with one attached hydrogen (secondary N) is 1. The fraction of sp³-hybridized carbons (Fsp3) is 0.200. The van der Waals surface area contributed by atoms with Gasteiger partial charge in [0.1, 0.15) is 11.5 Å². The Bertz CT molecular complexity index is 863. The molecule has 0 aliphatic heterocycles. The minimum absolute atomic E-state index is 0.144. The normalized spacial score (nSPS) is 10.5. The van der Waals surface area contributed by atoms with E-state index in [-0.39, 0.29) is 12.3 Å². The van der Waals surface area contributed by atoms with Gasteiger partial charge in [-0.2, -0.15) is 0 Å². The van der Waals surface area contributed by atoms with Crippen molar-refractivity contribution in [1.82, 2.24) is 5.16 Å². The molecule has 0 unspecified atom stereocenters. The number of carbonyl (C=O) groups excluding carboxylic acids is 1. The molecule has 1 N–H and O–H groups in total. The van der Waals surface area contributed by atoms with Crippen LogP contribution in [0.3, 0.4) is 0 Å². The van der Waals surface area contributed by atoms with E-state index in [1.54, 1.807) is 6.92 Å². The number of amides is 1. The van der Waals surface area contributed by atoms with Crippen LogP contribution in [-0.4, -0.2) is 11.1 Å². The number of hydrogen-bond acceptors (Lipinski definition) is 4.